The van der Waals surface area contributed by atoms with Gasteiger partial charge in [0.05, 0.1) is 25.1 Å². The Labute approximate surface area is 187 Å². The van der Waals surface area contributed by atoms with E-state index < -0.39 is 17.6 Å². The van der Waals surface area contributed by atoms with Crippen LogP contribution in [0.3, 0.4) is 0 Å². The number of anilines is 1. The van der Waals surface area contributed by atoms with Crippen LogP contribution in [0.25, 0.3) is 0 Å². The van der Waals surface area contributed by atoms with Crippen LogP contribution in [-0.4, -0.2) is 57.3 Å². The predicted molar refractivity (Wildman–Crippen MR) is 117 cm³/mol. The van der Waals surface area contributed by atoms with Gasteiger partial charge in [0, 0.05) is 17.1 Å². The van der Waals surface area contributed by atoms with E-state index in [9.17, 15) is 9.18 Å². The molecule has 4 heterocycles. The van der Waals surface area contributed by atoms with Crippen LogP contribution in [0.4, 0.5) is 10.2 Å². The molecule has 0 aliphatic carbocycles. The molecule has 0 aromatic carbocycles. The van der Waals surface area contributed by atoms with Gasteiger partial charge in [-0.2, -0.15) is 0 Å². The number of alkyl halides is 1. The minimum Gasteiger partial charge on any atom is -0.473 e. The van der Waals surface area contributed by atoms with Crippen molar-refractivity contribution in [3.63, 3.8) is 0 Å². The molecule has 166 valence electrons. The van der Waals surface area contributed by atoms with E-state index in [2.05, 4.69) is 27.2 Å². The van der Waals surface area contributed by atoms with Gasteiger partial charge in [0.15, 0.2) is 5.17 Å². The monoisotopic (exact) mass is 466 g/mol. The third-order valence-electron chi connectivity index (χ3n) is 5.06. The van der Waals surface area contributed by atoms with E-state index in [1.54, 1.807) is 17.1 Å². The highest BCUT2D eigenvalue weighted by Crippen LogP contribution is 2.47. The summed E-state index contributed by atoms with van der Waals surface area (Å²) in [6.45, 7) is 3.72. The number of fused-ring (bicyclic) bond motifs is 1. The molecule has 3 N–H and O–H groups in total. The van der Waals surface area contributed by atoms with E-state index in [1.807, 2.05) is 0 Å². The molecule has 1 amide bonds. The third-order valence-corrected chi connectivity index (χ3v) is 7.02. The van der Waals surface area contributed by atoms with Crippen molar-refractivity contribution >= 4 is 40.0 Å². The molecular weight excluding hydrogens is 443 g/mol. The van der Waals surface area contributed by atoms with Crippen molar-refractivity contribution in [3.05, 3.63) is 28.5 Å². The number of hydrogen-bond donors (Lipinski definition) is 2. The van der Waals surface area contributed by atoms with Gasteiger partial charge >= 0.3 is 0 Å². The number of nitrogens with two attached hydrogens (primary N) is 1. The molecule has 31 heavy (non-hydrogen) atoms. The predicted octanol–water partition coefficient (Wildman–Crippen LogP) is 2.60. The Kier molecular flexibility index (Phi) is 6.39. The standard InChI is InChI=1S/C19H23FN6O3S2/c1-10(20)6-28-15-5-22-13(4-23-15)16(27)24-14-8-30-17(25-14)19-9-29-11(2)3-12(19)7-31-18(21)26-19/h4-5,8,10-12H,3,6-7,9H2,1-2H3,(H2,21,26)(H,24,27)/t10-,11-,12-,19?/m0/s1. The lowest BCUT2D eigenvalue weighted by Crippen LogP contribution is -2.49. The fourth-order valence-corrected chi connectivity index (χ4v) is 5.47. The zero-order valence-corrected chi connectivity index (χ0v) is 18.7. The molecule has 12 heteroatoms. The number of carbonyl (C=O) groups excluding carboxylic acids is 1. The number of nitrogens with zero attached hydrogens (tertiary/aromatic N) is 4. The number of ether oxygens (including phenoxy) is 2. The maximum Gasteiger partial charge on any atom is 0.277 e. The summed E-state index contributed by atoms with van der Waals surface area (Å²) in [6.07, 6.45) is 2.46. The van der Waals surface area contributed by atoms with Crippen molar-refractivity contribution in [3.8, 4) is 5.88 Å². The number of rotatable bonds is 6. The van der Waals surface area contributed by atoms with Crippen LogP contribution in [0.2, 0.25) is 0 Å². The minimum absolute atomic E-state index is 0.0948. The number of amides is 1. The molecule has 0 bridgehead atoms. The first-order valence-corrected chi connectivity index (χ1v) is 11.7. The Balaban J connectivity index is 1.47. The summed E-state index contributed by atoms with van der Waals surface area (Å²) in [5.74, 6) is 1.21. The maximum absolute atomic E-state index is 12.9. The lowest BCUT2D eigenvalue weighted by molar-refractivity contribution is -0.0466. The topological polar surface area (TPSA) is 125 Å². The van der Waals surface area contributed by atoms with Crippen LogP contribution in [0.1, 0.15) is 35.8 Å². The first-order chi connectivity index (χ1) is 14.9. The fraction of sp³-hybridized carbons (Fsp3) is 0.526. The van der Waals surface area contributed by atoms with Crippen molar-refractivity contribution in [1.29, 1.82) is 0 Å². The van der Waals surface area contributed by atoms with Gasteiger partial charge in [0.25, 0.3) is 5.91 Å². The first-order valence-electron chi connectivity index (χ1n) is 9.81. The highest BCUT2D eigenvalue weighted by molar-refractivity contribution is 8.13. The van der Waals surface area contributed by atoms with Crippen LogP contribution >= 0.6 is 23.1 Å². The zero-order valence-electron chi connectivity index (χ0n) is 17.1. The number of thioether (sulfide) groups is 1. The summed E-state index contributed by atoms with van der Waals surface area (Å²) >= 11 is 2.97. The number of hydrogen-bond acceptors (Lipinski definition) is 10. The first kappa shape index (κ1) is 21.9. The van der Waals surface area contributed by atoms with E-state index >= 15 is 0 Å². The van der Waals surface area contributed by atoms with Crippen molar-refractivity contribution in [2.24, 2.45) is 16.6 Å². The Hall–Kier alpha value is -2.31. The molecule has 4 atom stereocenters. The van der Waals surface area contributed by atoms with Gasteiger partial charge in [-0.15, -0.1) is 11.3 Å². The summed E-state index contributed by atoms with van der Waals surface area (Å²) in [7, 11) is 0. The van der Waals surface area contributed by atoms with Gasteiger partial charge in [-0.05, 0) is 20.3 Å². The molecule has 0 radical (unpaired) electrons. The summed E-state index contributed by atoms with van der Waals surface area (Å²) in [4.78, 5) is 29.9. The molecule has 1 fully saturated rings. The number of aliphatic imine (C=N–C) groups is 1. The van der Waals surface area contributed by atoms with Crippen LogP contribution in [0.15, 0.2) is 22.8 Å². The molecule has 1 unspecified atom stereocenters. The largest absolute Gasteiger partial charge is 0.473 e. The summed E-state index contributed by atoms with van der Waals surface area (Å²) < 4.78 is 23.9. The minimum atomic E-state index is -1.12. The fourth-order valence-electron chi connectivity index (χ4n) is 3.50. The van der Waals surface area contributed by atoms with Crippen molar-refractivity contribution in [1.82, 2.24) is 15.0 Å². The number of aromatic nitrogens is 3. The second-order valence-corrected chi connectivity index (χ2v) is 9.46. The smallest absolute Gasteiger partial charge is 0.277 e. The Bertz CT molecular complexity index is 970. The highest BCUT2D eigenvalue weighted by Gasteiger charge is 2.49. The van der Waals surface area contributed by atoms with E-state index in [0.717, 1.165) is 17.2 Å². The molecule has 1 saturated heterocycles. The van der Waals surface area contributed by atoms with Crippen molar-refractivity contribution < 1.29 is 18.7 Å². The van der Waals surface area contributed by atoms with Crippen molar-refractivity contribution in [2.75, 3.05) is 24.3 Å². The number of halogens is 1. The van der Waals surface area contributed by atoms with Gasteiger partial charge < -0.3 is 20.5 Å². The lowest BCUT2D eigenvalue weighted by Gasteiger charge is -2.44. The summed E-state index contributed by atoms with van der Waals surface area (Å²) in [5.41, 5.74) is 5.50. The molecule has 2 aliphatic rings. The normalized spacial score (nSPS) is 26.5. The molecule has 0 spiro atoms. The van der Waals surface area contributed by atoms with Crippen LogP contribution in [0, 0.1) is 5.92 Å². The molecule has 0 saturated carbocycles. The SMILES string of the molecule is C[C@H](F)COc1cnc(C(=O)Nc2csc(C34CO[C@@H](C)C[C@H]3CSC(N)=N4)n2)cn1. The molecule has 4 rings (SSSR count). The van der Waals surface area contributed by atoms with E-state index in [1.165, 1.54) is 30.7 Å². The molecule has 2 aliphatic heterocycles. The summed E-state index contributed by atoms with van der Waals surface area (Å²) in [5, 5.41) is 5.78. The Morgan fingerprint density at radius 2 is 2.32 bits per heavy atom. The van der Waals surface area contributed by atoms with Crippen LogP contribution in [-0.2, 0) is 10.3 Å². The zero-order chi connectivity index (χ0) is 22.0. The second-order valence-electron chi connectivity index (χ2n) is 7.56. The average Bonchev–Trinajstić information content (AvgIpc) is 3.22. The quantitative estimate of drug-likeness (QED) is 0.666. The second kappa shape index (κ2) is 9.05. The van der Waals surface area contributed by atoms with Gasteiger partial charge in [-0.25, -0.2) is 24.3 Å². The van der Waals surface area contributed by atoms with Gasteiger partial charge in [-0.3, -0.25) is 4.79 Å². The van der Waals surface area contributed by atoms with Crippen LogP contribution < -0.4 is 15.8 Å². The van der Waals surface area contributed by atoms with Gasteiger partial charge in [0.1, 0.15) is 34.8 Å². The average molecular weight is 467 g/mol. The summed E-state index contributed by atoms with van der Waals surface area (Å²) in [6, 6.07) is 0. The van der Waals surface area contributed by atoms with Gasteiger partial charge in [-0.1, -0.05) is 11.8 Å². The highest BCUT2D eigenvalue weighted by atomic mass is 32.2. The molecule has 2 aromatic heterocycles. The van der Waals surface area contributed by atoms with E-state index in [-0.39, 0.29) is 30.2 Å². The number of amidine groups is 1. The lowest BCUT2D eigenvalue weighted by atomic mass is 9.80. The molecule has 2 aromatic rings. The van der Waals surface area contributed by atoms with Gasteiger partial charge in [0.2, 0.25) is 5.88 Å². The van der Waals surface area contributed by atoms with E-state index in [4.69, 9.17) is 20.2 Å². The molecular formula is C19H23FN6O3S2. The number of nitrogens with one attached hydrogen (secondary N) is 1. The third kappa shape index (κ3) is 4.80. The maximum atomic E-state index is 12.9. The van der Waals surface area contributed by atoms with Crippen molar-refractivity contribution in [2.45, 2.75) is 38.1 Å². The molecule has 9 nitrogen and oxygen atoms in total. The van der Waals surface area contributed by atoms with Crippen LogP contribution in [0.5, 0.6) is 5.88 Å². The Morgan fingerprint density at radius 1 is 1.48 bits per heavy atom. The number of thiazole rings is 1. The number of carbonyl (C=O) groups is 1. The van der Waals surface area contributed by atoms with E-state index in [0.29, 0.717) is 17.6 Å². The Morgan fingerprint density at radius 3 is 3.06 bits per heavy atom.